The zero-order valence-corrected chi connectivity index (χ0v) is 15.2. The molecule has 110 valence electrons. The monoisotopic (exact) mass is 377 g/mol. The van der Waals surface area contributed by atoms with Gasteiger partial charge in [-0.05, 0) is 25.5 Å². The van der Waals surface area contributed by atoms with Crippen LogP contribution in [-0.4, -0.2) is 4.57 Å². The maximum absolute atomic E-state index is 6.29. The minimum absolute atomic E-state index is 0. The van der Waals surface area contributed by atoms with Crippen molar-refractivity contribution in [3.8, 4) is 0 Å². The molecule has 5 heteroatoms. The molecule has 0 saturated heterocycles. The Morgan fingerprint density at radius 1 is 1.25 bits per heavy atom. The highest BCUT2D eigenvalue weighted by atomic mass is 79.9. The van der Waals surface area contributed by atoms with E-state index in [0.29, 0.717) is 0 Å². The van der Waals surface area contributed by atoms with Crippen molar-refractivity contribution in [1.82, 2.24) is 4.57 Å². The van der Waals surface area contributed by atoms with E-state index >= 15 is 0 Å². The molecule has 20 heavy (non-hydrogen) atoms. The van der Waals surface area contributed by atoms with Gasteiger partial charge in [0, 0.05) is 22.5 Å². The van der Waals surface area contributed by atoms with Gasteiger partial charge in [-0.25, -0.2) is 9.13 Å². The first-order chi connectivity index (χ1) is 9.06. The Kier molecular flexibility index (Phi) is 6.56. The largest absolute Gasteiger partial charge is 0.253 e. The summed E-state index contributed by atoms with van der Waals surface area (Å²) in [6.07, 6.45) is 5.33. The number of nitrogens with zero attached hydrogens (tertiary/aromatic N) is 2. The highest BCUT2D eigenvalue weighted by molar-refractivity contribution is 8.93. The summed E-state index contributed by atoms with van der Waals surface area (Å²) < 4.78 is 4.46. The molecular formula is C15H20BrCl2N2+. The normalized spacial score (nSPS) is 12.1. The summed E-state index contributed by atoms with van der Waals surface area (Å²) in [5.74, 6) is 1.21. The van der Waals surface area contributed by atoms with Crippen molar-refractivity contribution in [2.75, 3.05) is 0 Å². The molecule has 0 amide bonds. The number of aromatic nitrogens is 2. The molecule has 2 aromatic rings. The number of imidazole rings is 1. The Morgan fingerprint density at radius 2 is 1.85 bits per heavy atom. The summed E-state index contributed by atoms with van der Waals surface area (Å²) in [5, 5.41) is 1.44. The second-order valence-electron chi connectivity index (χ2n) is 4.76. The van der Waals surface area contributed by atoms with E-state index in [1.807, 2.05) is 18.2 Å². The molecule has 0 saturated carbocycles. The van der Waals surface area contributed by atoms with Gasteiger partial charge in [0.05, 0.1) is 6.54 Å². The summed E-state index contributed by atoms with van der Waals surface area (Å²) in [7, 11) is 0. The molecule has 2 rings (SSSR count). The van der Waals surface area contributed by atoms with Gasteiger partial charge in [-0.15, -0.1) is 17.0 Å². The lowest BCUT2D eigenvalue weighted by Gasteiger charge is -2.13. The molecule has 1 aromatic heterocycles. The van der Waals surface area contributed by atoms with Crippen molar-refractivity contribution in [3.05, 3.63) is 52.0 Å². The first kappa shape index (κ1) is 17.5. The molecule has 0 aliphatic rings. The van der Waals surface area contributed by atoms with Gasteiger partial charge in [0.15, 0.2) is 0 Å². The van der Waals surface area contributed by atoms with Gasteiger partial charge in [-0.2, -0.15) is 0 Å². The van der Waals surface area contributed by atoms with Crippen LogP contribution < -0.4 is 4.57 Å². The molecule has 0 fully saturated rings. The predicted octanol–water partition coefficient (Wildman–Crippen LogP) is 4.99. The smallest absolute Gasteiger partial charge is 0.234 e. The summed E-state index contributed by atoms with van der Waals surface area (Å²) in [6.45, 7) is 7.45. The number of rotatable bonds is 4. The first-order valence-electron chi connectivity index (χ1n) is 6.57. The molecule has 1 heterocycles. The minimum Gasteiger partial charge on any atom is -0.234 e. The number of halogens is 3. The zero-order chi connectivity index (χ0) is 14.0. The third-order valence-electron chi connectivity index (χ3n) is 3.50. The van der Waals surface area contributed by atoms with E-state index in [2.05, 4.69) is 42.3 Å². The fourth-order valence-corrected chi connectivity index (χ4v) is 3.17. The molecule has 0 radical (unpaired) electrons. The van der Waals surface area contributed by atoms with Crippen LogP contribution in [0.2, 0.25) is 10.0 Å². The van der Waals surface area contributed by atoms with Gasteiger partial charge in [-0.3, -0.25) is 0 Å². The van der Waals surface area contributed by atoms with E-state index < -0.39 is 0 Å². The van der Waals surface area contributed by atoms with Gasteiger partial charge >= 0.3 is 0 Å². The third kappa shape index (κ3) is 3.38. The molecule has 0 spiro atoms. The summed E-state index contributed by atoms with van der Waals surface area (Å²) in [5.41, 5.74) is 0.980. The molecule has 0 unspecified atom stereocenters. The van der Waals surface area contributed by atoms with E-state index in [-0.39, 0.29) is 23.0 Å². The fourth-order valence-electron chi connectivity index (χ4n) is 2.45. The van der Waals surface area contributed by atoms with Gasteiger partial charge in [0.1, 0.15) is 18.4 Å². The van der Waals surface area contributed by atoms with E-state index in [4.69, 9.17) is 23.2 Å². The number of hydrogen-bond acceptors (Lipinski definition) is 0. The maximum Gasteiger partial charge on any atom is 0.253 e. The fraction of sp³-hybridized carbons (Fsp3) is 0.400. The Balaban J connectivity index is 0.00000200. The predicted molar refractivity (Wildman–Crippen MR) is 90.3 cm³/mol. The van der Waals surface area contributed by atoms with Gasteiger partial charge in [0.2, 0.25) is 0 Å². The average molecular weight is 379 g/mol. The van der Waals surface area contributed by atoms with Crippen molar-refractivity contribution in [2.45, 2.75) is 39.8 Å². The Labute approximate surface area is 141 Å². The highest BCUT2D eigenvalue weighted by Gasteiger charge is 2.22. The minimum atomic E-state index is 0. The number of aryl methyl sites for hydroxylation is 1. The lowest BCUT2D eigenvalue weighted by atomic mass is 10.1. The first-order valence-corrected chi connectivity index (χ1v) is 7.32. The molecule has 0 N–H and O–H groups in total. The highest BCUT2D eigenvalue weighted by Crippen LogP contribution is 2.32. The lowest BCUT2D eigenvalue weighted by Crippen LogP contribution is -2.35. The quantitative estimate of drug-likeness (QED) is 0.662. The van der Waals surface area contributed by atoms with Crippen molar-refractivity contribution in [3.63, 3.8) is 0 Å². The molecule has 1 atom stereocenters. The van der Waals surface area contributed by atoms with Crippen LogP contribution in [0.5, 0.6) is 0 Å². The molecular weight excluding hydrogens is 359 g/mol. The standard InChI is InChI=1S/C15H19Cl2N2.BrH/c1-4-8-18-9-10-19(12(18)3)11(2)15-13(16)6-5-7-14(15)17;/h5-7,9-11H,4,8H2,1-3H3;1H/q+1;/t11-;/m0./s1. The van der Waals surface area contributed by atoms with Crippen molar-refractivity contribution in [1.29, 1.82) is 0 Å². The maximum atomic E-state index is 6.29. The molecule has 0 bridgehead atoms. The number of benzene rings is 1. The average Bonchev–Trinajstić information content (AvgIpc) is 2.71. The van der Waals surface area contributed by atoms with E-state index in [9.17, 15) is 0 Å². The van der Waals surface area contributed by atoms with Gasteiger partial charge < -0.3 is 0 Å². The van der Waals surface area contributed by atoms with Crippen LogP contribution in [0.3, 0.4) is 0 Å². The van der Waals surface area contributed by atoms with E-state index in [1.165, 1.54) is 5.82 Å². The van der Waals surface area contributed by atoms with Crippen LogP contribution in [0.15, 0.2) is 30.6 Å². The van der Waals surface area contributed by atoms with Crippen LogP contribution in [0.4, 0.5) is 0 Å². The summed E-state index contributed by atoms with van der Waals surface area (Å²) in [4.78, 5) is 0. The number of hydrogen-bond donors (Lipinski definition) is 0. The van der Waals surface area contributed by atoms with E-state index in [1.54, 1.807) is 0 Å². The van der Waals surface area contributed by atoms with Crippen molar-refractivity contribution < 1.29 is 4.57 Å². The van der Waals surface area contributed by atoms with Crippen LogP contribution in [0.25, 0.3) is 0 Å². The van der Waals surface area contributed by atoms with Crippen LogP contribution in [0, 0.1) is 6.92 Å². The lowest BCUT2D eigenvalue weighted by molar-refractivity contribution is -0.702. The Hall–Kier alpha value is -0.510. The van der Waals surface area contributed by atoms with Gasteiger partial charge in [-0.1, -0.05) is 36.2 Å². The SMILES string of the molecule is Br.CCC[n+]1ccn([C@@H](C)c2c(Cl)cccc2Cl)c1C. The van der Waals surface area contributed by atoms with E-state index in [0.717, 1.165) is 28.6 Å². The molecule has 0 aliphatic carbocycles. The topological polar surface area (TPSA) is 8.81 Å². The molecule has 2 nitrogen and oxygen atoms in total. The Morgan fingerprint density at radius 3 is 2.40 bits per heavy atom. The molecule has 1 aromatic carbocycles. The van der Waals surface area contributed by atoms with Crippen molar-refractivity contribution >= 4 is 40.2 Å². The molecule has 0 aliphatic heterocycles. The zero-order valence-electron chi connectivity index (χ0n) is 11.9. The second kappa shape index (κ2) is 7.48. The second-order valence-corrected chi connectivity index (χ2v) is 5.57. The van der Waals surface area contributed by atoms with Gasteiger partial charge in [0.25, 0.3) is 5.82 Å². The third-order valence-corrected chi connectivity index (χ3v) is 4.15. The Bertz CT molecular complexity index is 561. The van der Waals surface area contributed by atoms with Crippen LogP contribution in [0.1, 0.15) is 37.7 Å². The van der Waals surface area contributed by atoms with Crippen LogP contribution >= 0.6 is 40.2 Å². The summed E-state index contributed by atoms with van der Waals surface area (Å²) in [6, 6.07) is 5.77. The summed E-state index contributed by atoms with van der Waals surface area (Å²) >= 11 is 12.6. The van der Waals surface area contributed by atoms with Crippen molar-refractivity contribution in [2.24, 2.45) is 0 Å². The van der Waals surface area contributed by atoms with Crippen LogP contribution in [-0.2, 0) is 6.54 Å².